The molecule has 2 aromatic carbocycles. The Morgan fingerprint density at radius 1 is 1.11 bits per heavy atom. The summed E-state index contributed by atoms with van der Waals surface area (Å²) in [7, 11) is -3.77. The van der Waals surface area contributed by atoms with Crippen molar-refractivity contribution in [2.75, 3.05) is 36.4 Å². The quantitative estimate of drug-likeness (QED) is 0.793. The van der Waals surface area contributed by atoms with Crippen molar-refractivity contribution in [2.45, 2.75) is 18.0 Å². The van der Waals surface area contributed by atoms with Crippen molar-refractivity contribution in [1.82, 2.24) is 9.62 Å². The number of nitrogens with zero attached hydrogens (tertiary/aromatic N) is 2. The second-order valence-corrected chi connectivity index (χ2v) is 8.64. The topological polar surface area (TPSA) is 81.8 Å². The van der Waals surface area contributed by atoms with E-state index in [1.54, 1.807) is 35.2 Å². The average molecular weight is 404 g/mol. The van der Waals surface area contributed by atoms with Gasteiger partial charge in [0.25, 0.3) is 5.91 Å². The van der Waals surface area contributed by atoms with Gasteiger partial charge in [-0.15, -0.1) is 0 Å². The molecule has 2 heterocycles. The third-order valence-electron chi connectivity index (χ3n) is 5.03. The molecular weight excluding hydrogens is 383 g/mol. The molecule has 2 aliphatic rings. The molecule has 2 N–H and O–H groups in total. The molecule has 9 heteroatoms. The zero-order valence-electron chi connectivity index (χ0n) is 15.4. The number of halogens is 1. The molecule has 1 fully saturated rings. The second-order valence-electron chi connectivity index (χ2n) is 6.96. The SMILES string of the molecule is Cc1ccc2c(c1)N[C@H](C(=O)N1CCN(c3ccccc3F)CC1)NS2(=O)=O. The van der Waals surface area contributed by atoms with Crippen LogP contribution in [0.15, 0.2) is 47.4 Å². The van der Waals surface area contributed by atoms with E-state index < -0.39 is 16.2 Å². The van der Waals surface area contributed by atoms with Crippen LogP contribution < -0.4 is 14.9 Å². The predicted molar refractivity (Wildman–Crippen MR) is 104 cm³/mol. The fourth-order valence-electron chi connectivity index (χ4n) is 3.57. The largest absolute Gasteiger partial charge is 0.366 e. The van der Waals surface area contributed by atoms with Crippen molar-refractivity contribution in [3.05, 3.63) is 53.8 Å². The Morgan fingerprint density at radius 2 is 1.82 bits per heavy atom. The van der Waals surface area contributed by atoms with Gasteiger partial charge in [-0.25, -0.2) is 12.8 Å². The maximum Gasteiger partial charge on any atom is 0.261 e. The predicted octanol–water partition coefficient (Wildman–Crippen LogP) is 1.51. The Morgan fingerprint density at radius 3 is 2.54 bits per heavy atom. The Kier molecular flexibility index (Phi) is 4.72. The first-order valence-corrected chi connectivity index (χ1v) is 10.5. The minimum atomic E-state index is -3.77. The summed E-state index contributed by atoms with van der Waals surface area (Å²) in [4.78, 5) is 16.5. The molecular formula is C19H21FN4O3S. The van der Waals surface area contributed by atoms with Gasteiger partial charge in [0.15, 0.2) is 6.17 Å². The number of sulfonamides is 1. The van der Waals surface area contributed by atoms with Crippen LogP contribution in [0.5, 0.6) is 0 Å². The zero-order valence-corrected chi connectivity index (χ0v) is 16.2. The zero-order chi connectivity index (χ0) is 19.9. The van der Waals surface area contributed by atoms with Crippen molar-refractivity contribution in [1.29, 1.82) is 0 Å². The number of carbonyl (C=O) groups is 1. The highest BCUT2D eigenvalue weighted by atomic mass is 32.2. The van der Waals surface area contributed by atoms with Crippen LogP contribution in [0.2, 0.25) is 0 Å². The van der Waals surface area contributed by atoms with E-state index in [2.05, 4.69) is 10.0 Å². The second kappa shape index (κ2) is 7.06. The number of benzene rings is 2. The van der Waals surface area contributed by atoms with Crippen molar-refractivity contribution in [3.8, 4) is 0 Å². The Balaban J connectivity index is 1.47. The molecule has 0 radical (unpaired) electrons. The molecule has 0 spiro atoms. The lowest BCUT2D eigenvalue weighted by Gasteiger charge is -2.38. The molecule has 0 unspecified atom stereocenters. The summed E-state index contributed by atoms with van der Waals surface area (Å²) in [5, 5.41) is 2.99. The summed E-state index contributed by atoms with van der Waals surface area (Å²) < 4.78 is 41.4. The van der Waals surface area contributed by atoms with E-state index >= 15 is 0 Å². The van der Waals surface area contributed by atoms with Crippen LogP contribution in [0, 0.1) is 12.7 Å². The van der Waals surface area contributed by atoms with Crippen LogP contribution in [0.25, 0.3) is 0 Å². The molecule has 0 aromatic heterocycles. The third-order valence-corrected chi connectivity index (χ3v) is 6.51. The normalized spacial score (nSPS) is 21.0. The van der Waals surface area contributed by atoms with E-state index in [1.807, 2.05) is 11.8 Å². The molecule has 2 aliphatic heterocycles. The fraction of sp³-hybridized carbons (Fsp3) is 0.316. The lowest BCUT2D eigenvalue weighted by molar-refractivity contribution is -0.132. The molecule has 0 saturated carbocycles. The van der Waals surface area contributed by atoms with Crippen molar-refractivity contribution in [2.24, 2.45) is 0 Å². The standard InChI is InChI=1S/C19H21FN4O3S/c1-13-6-7-17-15(12-13)21-18(22-28(17,26)27)19(25)24-10-8-23(9-11-24)16-5-3-2-4-14(16)20/h2-7,12,18,21-22H,8-11H2,1H3/t18-/m0/s1. The Hall–Kier alpha value is -2.65. The van der Waals surface area contributed by atoms with Gasteiger partial charge < -0.3 is 15.1 Å². The minimum Gasteiger partial charge on any atom is -0.366 e. The molecule has 7 nitrogen and oxygen atoms in total. The smallest absolute Gasteiger partial charge is 0.261 e. The minimum absolute atomic E-state index is 0.131. The van der Waals surface area contributed by atoms with Gasteiger partial charge in [0.1, 0.15) is 10.7 Å². The van der Waals surface area contributed by atoms with Crippen LogP contribution in [-0.4, -0.2) is 51.6 Å². The number of rotatable bonds is 2. The van der Waals surface area contributed by atoms with Crippen molar-refractivity contribution in [3.63, 3.8) is 0 Å². The monoisotopic (exact) mass is 404 g/mol. The van der Waals surface area contributed by atoms with Gasteiger partial charge in [-0.1, -0.05) is 18.2 Å². The van der Waals surface area contributed by atoms with Crippen LogP contribution in [-0.2, 0) is 14.8 Å². The van der Waals surface area contributed by atoms with E-state index in [1.165, 1.54) is 12.1 Å². The number of fused-ring (bicyclic) bond motifs is 1. The molecule has 0 bridgehead atoms. The first-order valence-electron chi connectivity index (χ1n) is 9.03. The number of carbonyl (C=O) groups excluding carboxylic acids is 1. The van der Waals surface area contributed by atoms with Crippen molar-refractivity contribution >= 4 is 27.3 Å². The number of aryl methyl sites for hydroxylation is 1. The highest BCUT2D eigenvalue weighted by Gasteiger charge is 2.36. The summed E-state index contributed by atoms with van der Waals surface area (Å²) in [5.41, 5.74) is 1.82. The third kappa shape index (κ3) is 3.43. The summed E-state index contributed by atoms with van der Waals surface area (Å²) >= 11 is 0. The lowest BCUT2D eigenvalue weighted by Crippen LogP contribution is -2.58. The molecule has 0 aliphatic carbocycles. The Bertz CT molecular complexity index is 1020. The van der Waals surface area contributed by atoms with Crippen LogP contribution in [0.4, 0.5) is 15.8 Å². The molecule has 1 amide bonds. The highest BCUT2D eigenvalue weighted by Crippen LogP contribution is 2.27. The number of hydrogen-bond acceptors (Lipinski definition) is 5. The number of hydrogen-bond donors (Lipinski definition) is 2. The maximum absolute atomic E-state index is 14.0. The van der Waals surface area contributed by atoms with Gasteiger partial charge in [0.05, 0.1) is 11.4 Å². The van der Waals surface area contributed by atoms with Gasteiger partial charge in [0, 0.05) is 26.2 Å². The first-order chi connectivity index (χ1) is 13.3. The van der Waals surface area contributed by atoms with Gasteiger partial charge >= 0.3 is 0 Å². The average Bonchev–Trinajstić information content (AvgIpc) is 2.67. The number of piperazine rings is 1. The summed E-state index contributed by atoms with van der Waals surface area (Å²) in [6.45, 7) is 3.57. The number of para-hydroxylation sites is 1. The van der Waals surface area contributed by atoms with E-state index in [4.69, 9.17) is 0 Å². The number of amides is 1. The molecule has 2 aromatic rings. The molecule has 4 rings (SSSR count). The lowest BCUT2D eigenvalue weighted by atomic mass is 10.2. The van der Waals surface area contributed by atoms with Gasteiger partial charge in [0.2, 0.25) is 10.0 Å². The molecule has 28 heavy (non-hydrogen) atoms. The molecule has 148 valence electrons. The first kappa shape index (κ1) is 18.7. The van der Waals surface area contributed by atoms with Crippen LogP contribution >= 0.6 is 0 Å². The van der Waals surface area contributed by atoms with E-state index in [0.29, 0.717) is 37.6 Å². The van der Waals surface area contributed by atoms with E-state index in [0.717, 1.165) is 5.56 Å². The molecule has 1 atom stereocenters. The van der Waals surface area contributed by atoms with E-state index in [9.17, 15) is 17.6 Å². The van der Waals surface area contributed by atoms with Gasteiger partial charge in [-0.3, -0.25) is 4.79 Å². The molecule has 1 saturated heterocycles. The maximum atomic E-state index is 14.0. The van der Waals surface area contributed by atoms with Crippen LogP contribution in [0.1, 0.15) is 5.56 Å². The van der Waals surface area contributed by atoms with Crippen molar-refractivity contribution < 1.29 is 17.6 Å². The number of nitrogens with one attached hydrogen (secondary N) is 2. The highest BCUT2D eigenvalue weighted by molar-refractivity contribution is 7.89. The summed E-state index contributed by atoms with van der Waals surface area (Å²) in [5.74, 6) is -0.639. The summed E-state index contributed by atoms with van der Waals surface area (Å²) in [6, 6.07) is 11.5. The van der Waals surface area contributed by atoms with E-state index in [-0.39, 0.29) is 16.6 Å². The fourth-order valence-corrected chi connectivity index (χ4v) is 4.82. The van der Waals surface area contributed by atoms with Gasteiger partial charge in [-0.2, -0.15) is 4.72 Å². The van der Waals surface area contributed by atoms with Crippen LogP contribution in [0.3, 0.4) is 0 Å². The van der Waals surface area contributed by atoms with Gasteiger partial charge in [-0.05, 0) is 36.8 Å². The Labute approximate surface area is 163 Å². The number of anilines is 2. The summed E-state index contributed by atoms with van der Waals surface area (Å²) in [6.07, 6.45) is -1.06.